The van der Waals surface area contributed by atoms with Crippen LogP contribution in [-0.4, -0.2) is 26.1 Å². The van der Waals surface area contributed by atoms with Crippen molar-refractivity contribution in [2.24, 2.45) is 0 Å². The second-order valence-corrected chi connectivity index (χ2v) is 2.67. The highest BCUT2D eigenvalue weighted by molar-refractivity contribution is 5.75. The van der Waals surface area contributed by atoms with Crippen LogP contribution in [0.1, 0.15) is 12.5 Å². The summed E-state index contributed by atoms with van der Waals surface area (Å²) in [6.45, 7) is 3.74. The fourth-order valence-electron chi connectivity index (χ4n) is 0.982. The number of carbonyl (C=O) groups excluding carboxylic acids is 1. The second kappa shape index (κ2) is 6.16. The van der Waals surface area contributed by atoms with E-state index in [1.807, 2.05) is 6.92 Å². The molecule has 0 aromatic heterocycles. The molecule has 0 spiro atoms. The van der Waals surface area contributed by atoms with Crippen LogP contribution in [0.5, 0.6) is 5.75 Å². The van der Waals surface area contributed by atoms with Crippen LogP contribution in [0.25, 0.3) is 0 Å². The monoisotopic (exact) mass is 193 g/mol. The van der Waals surface area contributed by atoms with Crippen LogP contribution in [0.3, 0.4) is 0 Å². The first kappa shape index (κ1) is 10.7. The molecule has 3 heteroatoms. The van der Waals surface area contributed by atoms with Gasteiger partial charge in [0.25, 0.3) is 0 Å². The molecule has 0 saturated carbocycles. The number of hydrogen-bond acceptors (Lipinski definition) is 3. The summed E-state index contributed by atoms with van der Waals surface area (Å²) in [5.41, 5.74) is 0.530. The van der Waals surface area contributed by atoms with Gasteiger partial charge in [-0.2, -0.15) is 0 Å². The minimum Gasteiger partial charge on any atom is -0.491 e. The molecule has 14 heavy (non-hydrogen) atoms. The Balaban J connectivity index is 2.32. The standard InChI is InChI=1S/C11H13O3/c1-2-13-7-8-14-11-5-3-10(9-12)4-6-11/h3-6H,2,7-8H2,1H3. The van der Waals surface area contributed by atoms with E-state index in [2.05, 4.69) is 0 Å². The molecule has 3 nitrogen and oxygen atoms in total. The summed E-state index contributed by atoms with van der Waals surface area (Å²) in [4.78, 5) is 10.2. The zero-order valence-electron chi connectivity index (χ0n) is 8.16. The number of ether oxygens (including phenoxy) is 2. The fraction of sp³-hybridized carbons (Fsp3) is 0.364. The lowest BCUT2D eigenvalue weighted by atomic mass is 10.2. The van der Waals surface area contributed by atoms with Crippen molar-refractivity contribution < 1.29 is 14.3 Å². The van der Waals surface area contributed by atoms with Crippen molar-refractivity contribution in [2.45, 2.75) is 6.92 Å². The zero-order valence-corrected chi connectivity index (χ0v) is 8.16. The summed E-state index contributed by atoms with van der Waals surface area (Å²) in [6.07, 6.45) is 1.80. The molecule has 0 saturated heterocycles. The van der Waals surface area contributed by atoms with Crippen LogP contribution < -0.4 is 4.74 Å². The van der Waals surface area contributed by atoms with Crippen molar-refractivity contribution in [3.8, 4) is 5.75 Å². The topological polar surface area (TPSA) is 35.5 Å². The first-order valence-electron chi connectivity index (χ1n) is 4.55. The minimum atomic E-state index is 0.526. The Morgan fingerprint density at radius 1 is 1.21 bits per heavy atom. The van der Waals surface area contributed by atoms with Gasteiger partial charge in [0.2, 0.25) is 6.29 Å². The summed E-state index contributed by atoms with van der Waals surface area (Å²) in [7, 11) is 0. The molecular formula is C11H13O3. The Morgan fingerprint density at radius 3 is 2.50 bits per heavy atom. The van der Waals surface area contributed by atoms with Gasteiger partial charge in [0, 0.05) is 12.2 Å². The van der Waals surface area contributed by atoms with E-state index in [1.54, 1.807) is 30.6 Å². The van der Waals surface area contributed by atoms with E-state index in [4.69, 9.17) is 9.47 Å². The van der Waals surface area contributed by atoms with Gasteiger partial charge < -0.3 is 9.47 Å². The van der Waals surface area contributed by atoms with E-state index in [0.717, 1.165) is 5.75 Å². The van der Waals surface area contributed by atoms with E-state index < -0.39 is 0 Å². The third-order valence-electron chi connectivity index (χ3n) is 1.67. The van der Waals surface area contributed by atoms with Crippen LogP contribution in [-0.2, 0) is 9.53 Å². The molecule has 0 N–H and O–H groups in total. The molecule has 1 aromatic rings. The molecule has 0 atom stereocenters. The number of rotatable bonds is 6. The molecule has 0 amide bonds. The molecule has 0 aliphatic carbocycles. The quantitative estimate of drug-likeness (QED) is 0.643. The SMILES string of the molecule is CCOCCOc1ccc([C]=O)cc1. The molecule has 1 aromatic carbocycles. The van der Waals surface area contributed by atoms with Crippen molar-refractivity contribution in [2.75, 3.05) is 19.8 Å². The molecule has 0 heterocycles. The van der Waals surface area contributed by atoms with Crippen molar-refractivity contribution >= 4 is 6.29 Å². The van der Waals surface area contributed by atoms with E-state index in [9.17, 15) is 4.79 Å². The Bertz CT molecular complexity index is 266. The molecule has 0 bridgehead atoms. The van der Waals surface area contributed by atoms with Crippen LogP contribution in [0.4, 0.5) is 0 Å². The van der Waals surface area contributed by atoms with Crippen LogP contribution in [0.15, 0.2) is 24.3 Å². The Labute approximate surface area is 83.6 Å². The lowest BCUT2D eigenvalue weighted by molar-refractivity contribution is 0.110. The van der Waals surface area contributed by atoms with Gasteiger partial charge in [-0.05, 0) is 31.2 Å². The lowest BCUT2D eigenvalue weighted by Gasteiger charge is -2.05. The van der Waals surface area contributed by atoms with E-state index >= 15 is 0 Å². The summed E-state index contributed by atoms with van der Waals surface area (Å²) in [5.74, 6) is 0.740. The first-order chi connectivity index (χ1) is 6.86. The van der Waals surface area contributed by atoms with Crippen LogP contribution in [0.2, 0.25) is 0 Å². The van der Waals surface area contributed by atoms with Gasteiger partial charge in [0.05, 0.1) is 6.61 Å². The Morgan fingerprint density at radius 2 is 1.93 bits per heavy atom. The second-order valence-electron chi connectivity index (χ2n) is 2.67. The fourth-order valence-corrected chi connectivity index (χ4v) is 0.982. The van der Waals surface area contributed by atoms with Crippen molar-refractivity contribution in [1.29, 1.82) is 0 Å². The van der Waals surface area contributed by atoms with E-state index in [0.29, 0.717) is 25.4 Å². The van der Waals surface area contributed by atoms with E-state index in [-0.39, 0.29) is 0 Å². The molecule has 0 aliphatic heterocycles. The predicted molar refractivity (Wildman–Crippen MR) is 53.2 cm³/mol. The van der Waals surface area contributed by atoms with Gasteiger partial charge in [0.15, 0.2) is 0 Å². The van der Waals surface area contributed by atoms with Gasteiger partial charge in [-0.25, -0.2) is 0 Å². The highest BCUT2D eigenvalue weighted by Gasteiger charge is 1.94. The first-order valence-corrected chi connectivity index (χ1v) is 4.55. The smallest absolute Gasteiger partial charge is 0.233 e. The molecule has 75 valence electrons. The Hall–Kier alpha value is -1.35. The summed E-state index contributed by atoms with van der Waals surface area (Å²) in [6, 6.07) is 6.82. The van der Waals surface area contributed by atoms with Gasteiger partial charge in [-0.1, -0.05) is 0 Å². The average Bonchev–Trinajstić information content (AvgIpc) is 2.25. The lowest BCUT2D eigenvalue weighted by Crippen LogP contribution is -2.06. The third-order valence-corrected chi connectivity index (χ3v) is 1.67. The highest BCUT2D eigenvalue weighted by Crippen LogP contribution is 2.10. The zero-order chi connectivity index (χ0) is 10.2. The maximum absolute atomic E-state index is 10.2. The number of benzene rings is 1. The van der Waals surface area contributed by atoms with Crippen LogP contribution >= 0.6 is 0 Å². The molecule has 0 unspecified atom stereocenters. The molecular weight excluding hydrogens is 180 g/mol. The molecule has 1 rings (SSSR count). The van der Waals surface area contributed by atoms with Crippen molar-refractivity contribution in [3.63, 3.8) is 0 Å². The largest absolute Gasteiger partial charge is 0.491 e. The summed E-state index contributed by atoms with van der Waals surface area (Å²) >= 11 is 0. The van der Waals surface area contributed by atoms with Crippen molar-refractivity contribution in [3.05, 3.63) is 29.8 Å². The minimum absolute atomic E-state index is 0.526. The molecule has 0 aliphatic rings. The summed E-state index contributed by atoms with van der Waals surface area (Å²) in [5, 5.41) is 0. The maximum atomic E-state index is 10.2. The van der Waals surface area contributed by atoms with Gasteiger partial charge in [-0.3, -0.25) is 4.79 Å². The third kappa shape index (κ3) is 3.58. The maximum Gasteiger partial charge on any atom is 0.233 e. The molecule has 0 fully saturated rings. The van der Waals surface area contributed by atoms with Gasteiger partial charge in [-0.15, -0.1) is 0 Å². The average molecular weight is 193 g/mol. The summed E-state index contributed by atoms with van der Waals surface area (Å²) < 4.78 is 10.5. The number of hydrogen-bond donors (Lipinski definition) is 0. The van der Waals surface area contributed by atoms with Gasteiger partial charge >= 0.3 is 0 Å². The predicted octanol–water partition coefficient (Wildman–Crippen LogP) is 1.56. The van der Waals surface area contributed by atoms with Gasteiger partial charge in [0.1, 0.15) is 12.4 Å². The Kier molecular flexibility index (Phi) is 4.72. The highest BCUT2D eigenvalue weighted by atomic mass is 16.5. The normalized spacial score (nSPS) is 9.79. The van der Waals surface area contributed by atoms with E-state index in [1.165, 1.54) is 0 Å². The van der Waals surface area contributed by atoms with Crippen LogP contribution in [0, 0.1) is 0 Å². The molecule has 1 radical (unpaired) electrons. The van der Waals surface area contributed by atoms with Crippen molar-refractivity contribution in [1.82, 2.24) is 0 Å².